The summed E-state index contributed by atoms with van der Waals surface area (Å²) in [7, 11) is 1.36. The Morgan fingerprint density at radius 2 is 1.52 bits per heavy atom. The number of aromatic nitrogens is 2. The molecule has 0 saturated carbocycles. The number of hydrogen-bond donors (Lipinski definition) is 0. The second-order valence-electron chi connectivity index (χ2n) is 11.0. The number of benzene rings is 5. The number of rotatable bonds is 5. The second-order valence-corrected chi connectivity index (χ2v) is 13.1. The van der Waals surface area contributed by atoms with E-state index in [9.17, 15) is 15.3 Å². The summed E-state index contributed by atoms with van der Waals surface area (Å²) in [4.78, 5) is 22.5. The van der Waals surface area contributed by atoms with Crippen LogP contribution in [0.2, 0.25) is 0 Å². The highest BCUT2D eigenvalue weighted by Crippen LogP contribution is 2.40. The van der Waals surface area contributed by atoms with Crippen molar-refractivity contribution in [2.45, 2.75) is 5.92 Å². The first kappa shape index (κ1) is 29.3. The maximum absolute atomic E-state index is 13.0. The molecule has 1 unspecified atom stereocenters. The van der Waals surface area contributed by atoms with Gasteiger partial charge in [-0.1, -0.05) is 60.7 Å². The Balaban J connectivity index is 1.35. The Kier molecular flexibility index (Phi) is 7.26. The molecule has 7 nitrogen and oxygen atoms in total. The standard InChI is InChI=1S/C39H22N4O3S2/c1-45-39(44)25-9-3-2-8-24(25)36-26-16-14-22(28(20-40)37-42-30-10-4-6-12-34(30)47-37)18-32(26)46-33-19-23(15-17-27(33)36)29(21-41)38-43-31-11-5-7-13-35(31)48-38/h2-19,28H,1H3. The number of fused-ring (bicyclic) bond motifs is 4. The maximum Gasteiger partial charge on any atom is 0.338 e. The Labute approximate surface area is 282 Å². The minimum Gasteiger partial charge on any atom is -0.465 e. The van der Waals surface area contributed by atoms with Crippen LogP contribution < -0.4 is 15.2 Å². The number of nitrogens with zero attached hydrogens (tertiary/aromatic N) is 4. The third kappa shape index (κ3) is 4.90. The predicted octanol–water partition coefficient (Wildman–Crippen LogP) is 7.42. The van der Waals surface area contributed by atoms with Crippen LogP contribution in [0, 0.1) is 22.7 Å². The van der Waals surface area contributed by atoms with E-state index in [1.807, 2.05) is 97.1 Å². The maximum atomic E-state index is 13.0. The molecule has 0 fully saturated rings. The number of carbonyl (C=O) groups is 1. The molecule has 3 heterocycles. The number of hydrogen-bond acceptors (Lipinski definition) is 9. The lowest BCUT2D eigenvalue weighted by atomic mass is 9.88. The average molecular weight is 659 g/mol. The molecule has 0 amide bonds. The summed E-state index contributed by atoms with van der Waals surface area (Å²) in [6.45, 7) is 0. The van der Waals surface area contributed by atoms with Crippen molar-refractivity contribution in [2.75, 3.05) is 7.11 Å². The second kappa shape index (κ2) is 11.9. The monoisotopic (exact) mass is 658 g/mol. The lowest BCUT2D eigenvalue weighted by molar-refractivity contribution is 0.0600. The molecule has 1 aliphatic heterocycles. The minimum atomic E-state index is -0.618. The number of nitriles is 2. The smallest absolute Gasteiger partial charge is 0.338 e. The molecular weight excluding hydrogens is 637 g/mol. The van der Waals surface area contributed by atoms with E-state index in [-0.39, 0.29) is 0 Å². The fourth-order valence-corrected chi connectivity index (χ4v) is 8.05. The number of thiazole rings is 2. The van der Waals surface area contributed by atoms with Gasteiger partial charge in [-0.2, -0.15) is 10.5 Å². The summed E-state index contributed by atoms with van der Waals surface area (Å²) in [5.74, 6) is -0.0505. The summed E-state index contributed by atoms with van der Waals surface area (Å²) < 4.78 is 13.8. The van der Waals surface area contributed by atoms with Gasteiger partial charge in [0, 0.05) is 16.4 Å². The van der Waals surface area contributed by atoms with E-state index in [0.717, 1.165) is 42.4 Å². The fraction of sp³-hybridized carbons (Fsp3) is 0.0513. The van der Waals surface area contributed by atoms with Gasteiger partial charge in [0.25, 0.3) is 0 Å². The van der Waals surface area contributed by atoms with Crippen LogP contribution >= 0.6 is 22.7 Å². The molecule has 0 spiro atoms. The van der Waals surface area contributed by atoms with Crippen LogP contribution in [0.4, 0.5) is 0 Å². The van der Waals surface area contributed by atoms with Gasteiger partial charge < -0.3 is 9.47 Å². The molecule has 8 rings (SSSR count). The summed E-state index contributed by atoms with van der Waals surface area (Å²) in [5.41, 5.74) is 5.45. The van der Waals surface area contributed by atoms with Crippen molar-refractivity contribution in [2.24, 2.45) is 0 Å². The first-order chi connectivity index (χ1) is 23.6. The van der Waals surface area contributed by atoms with Gasteiger partial charge in [0.2, 0.25) is 0 Å². The highest BCUT2D eigenvalue weighted by atomic mass is 32.1. The number of carbonyl (C=O) groups excluding carboxylic acids is 1. The van der Waals surface area contributed by atoms with Crippen LogP contribution in [0.1, 0.15) is 43.0 Å². The van der Waals surface area contributed by atoms with Crippen molar-refractivity contribution < 1.29 is 14.3 Å². The third-order valence-electron chi connectivity index (χ3n) is 8.28. The van der Waals surface area contributed by atoms with Crippen molar-refractivity contribution in [3.8, 4) is 23.6 Å². The molecule has 7 aromatic rings. The summed E-state index contributed by atoms with van der Waals surface area (Å²) in [6.07, 6.45) is 0. The zero-order valence-corrected chi connectivity index (χ0v) is 26.9. The third-order valence-corrected chi connectivity index (χ3v) is 10.4. The number of methoxy groups -OCH3 is 1. The molecule has 48 heavy (non-hydrogen) atoms. The van der Waals surface area contributed by atoms with E-state index in [4.69, 9.17) is 19.4 Å². The lowest BCUT2D eigenvalue weighted by Crippen LogP contribution is -2.22. The molecule has 2 aromatic heterocycles. The topological polar surface area (TPSA) is 109 Å². The van der Waals surface area contributed by atoms with Gasteiger partial charge >= 0.3 is 5.97 Å². The SMILES string of the molecule is COC(=O)c1ccccc1C1=c2ccc(=C(C#N)c3nc4ccccc4s3)cc2Oc2cc(C(C#N)c3nc4ccccc4s3)ccc21. The Morgan fingerprint density at radius 1 is 0.792 bits per heavy atom. The minimum absolute atomic E-state index is 0.407. The quantitative estimate of drug-likeness (QED) is 0.177. The molecule has 9 heteroatoms. The summed E-state index contributed by atoms with van der Waals surface area (Å²) >= 11 is 2.95. The Bertz CT molecular complexity index is 2590. The van der Waals surface area contributed by atoms with Crippen LogP contribution in [0.15, 0.2) is 109 Å². The molecule has 228 valence electrons. The van der Waals surface area contributed by atoms with E-state index in [1.165, 1.54) is 29.8 Å². The van der Waals surface area contributed by atoms with Gasteiger partial charge in [0.1, 0.15) is 33.5 Å². The van der Waals surface area contributed by atoms with Gasteiger partial charge in [-0.25, -0.2) is 14.8 Å². The van der Waals surface area contributed by atoms with Crippen molar-refractivity contribution in [3.63, 3.8) is 0 Å². The van der Waals surface area contributed by atoms with Crippen molar-refractivity contribution in [1.29, 1.82) is 10.5 Å². The Hall–Kier alpha value is -6.13. The molecule has 1 aliphatic rings. The largest absolute Gasteiger partial charge is 0.465 e. The van der Waals surface area contributed by atoms with Gasteiger partial charge in [0.05, 0.1) is 44.7 Å². The zero-order valence-electron chi connectivity index (χ0n) is 25.3. The summed E-state index contributed by atoms with van der Waals surface area (Å²) in [6, 6.07) is 39.0. The highest BCUT2D eigenvalue weighted by Gasteiger charge is 2.27. The van der Waals surface area contributed by atoms with E-state index in [1.54, 1.807) is 12.1 Å². The van der Waals surface area contributed by atoms with Crippen molar-refractivity contribution >= 4 is 60.2 Å². The van der Waals surface area contributed by atoms with Crippen molar-refractivity contribution in [3.05, 3.63) is 152 Å². The summed E-state index contributed by atoms with van der Waals surface area (Å²) in [5, 5.41) is 23.4. The number of ether oxygens (including phenoxy) is 2. The normalized spacial score (nSPS) is 13.1. The molecular formula is C39H22N4O3S2. The Morgan fingerprint density at radius 3 is 2.25 bits per heavy atom. The predicted molar refractivity (Wildman–Crippen MR) is 186 cm³/mol. The molecule has 0 aliphatic carbocycles. The van der Waals surface area contributed by atoms with Crippen LogP contribution in [-0.2, 0) is 4.74 Å². The van der Waals surface area contributed by atoms with Gasteiger partial charge in [-0.15, -0.1) is 22.7 Å². The average Bonchev–Trinajstić information content (AvgIpc) is 3.75. The van der Waals surface area contributed by atoms with Crippen molar-refractivity contribution in [1.82, 2.24) is 9.97 Å². The van der Waals surface area contributed by atoms with Crippen LogP contribution in [0.3, 0.4) is 0 Å². The molecule has 0 radical (unpaired) electrons. The van der Waals surface area contributed by atoms with E-state index in [0.29, 0.717) is 43.4 Å². The zero-order chi connectivity index (χ0) is 32.8. The fourth-order valence-electron chi connectivity index (χ4n) is 6.02. The van der Waals surface area contributed by atoms with Gasteiger partial charge in [-0.05, 0) is 64.9 Å². The van der Waals surface area contributed by atoms with E-state index < -0.39 is 11.9 Å². The van der Waals surface area contributed by atoms with Crippen LogP contribution in [0.5, 0.6) is 11.5 Å². The van der Waals surface area contributed by atoms with Gasteiger partial charge in [-0.3, -0.25) is 0 Å². The van der Waals surface area contributed by atoms with Crippen LogP contribution in [0.25, 0.3) is 31.6 Å². The number of esters is 1. The lowest BCUT2D eigenvalue weighted by Gasteiger charge is -2.23. The van der Waals surface area contributed by atoms with E-state index in [2.05, 4.69) is 12.1 Å². The molecule has 0 N–H and O–H groups in total. The highest BCUT2D eigenvalue weighted by molar-refractivity contribution is 7.19. The molecule has 0 bridgehead atoms. The van der Waals surface area contributed by atoms with Gasteiger partial charge in [0.15, 0.2) is 0 Å². The van der Waals surface area contributed by atoms with E-state index >= 15 is 0 Å². The number of para-hydroxylation sites is 2. The first-order valence-electron chi connectivity index (χ1n) is 15.0. The molecule has 5 aromatic carbocycles. The first-order valence-corrected chi connectivity index (χ1v) is 16.6. The molecule has 0 saturated heterocycles. The van der Waals surface area contributed by atoms with Crippen LogP contribution in [-0.4, -0.2) is 23.0 Å². The molecule has 1 atom stereocenters.